The summed E-state index contributed by atoms with van der Waals surface area (Å²) >= 11 is 0. The molecule has 2 atom stereocenters. The summed E-state index contributed by atoms with van der Waals surface area (Å²) in [6.07, 6.45) is -1.03. The number of carbonyl (C=O) groups excluding carboxylic acids is 3. The van der Waals surface area contributed by atoms with Crippen LogP contribution in [0.15, 0.2) is 18.2 Å². The van der Waals surface area contributed by atoms with Gasteiger partial charge < -0.3 is 30.5 Å². The van der Waals surface area contributed by atoms with Crippen LogP contribution in [0.25, 0.3) is 0 Å². The van der Waals surface area contributed by atoms with Crippen LogP contribution in [0.2, 0.25) is 0 Å². The second-order valence-electron chi connectivity index (χ2n) is 8.85. The maximum absolute atomic E-state index is 12.7. The van der Waals surface area contributed by atoms with E-state index in [9.17, 15) is 19.5 Å². The molecule has 4 N–H and O–H groups in total. The van der Waals surface area contributed by atoms with Crippen molar-refractivity contribution in [1.82, 2.24) is 10.6 Å². The minimum atomic E-state index is -1.33. The molecule has 3 amide bonds. The average Bonchev–Trinajstić information content (AvgIpc) is 3.05. The Bertz CT molecular complexity index is 860. The third kappa shape index (κ3) is 4.20. The number of hydrogen-bond donors (Lipinski definition) is 4. The number of anilines is 1. The molecule has 0 saturated carbocycles. The maximum atomic E-state index is 12.7. The zero-order chi connectivity index (χ0) is 21.6. The van der Waals surface area contributed by atoms with Crippen molar-refractivity contribution in [2.75, 3.05) is 5.32 Å². The molecule has 2 aliphatic rings. The van der Waals surface area contributed by atoms with Gasteiger partial charge in [-0.1, -0.05) is 6.07 Å². The van der Waals surface area contributed by atoms with E-state index in [0.29, 0.717) is 24.1 Å². The van der Waals surface area contributed by atoms with Crippen LogP contribution < -0.4 is 16.0 Å². The summed E-state index contributed by atoms with van der Waals surface area (Å²) in [5.74, 6) is -0.787. The fraction of sp³-hybridized carbons (Fsp3) is 0.550. The molecule has 0 radical (unpaired) electrons. The molecule has 1 aliphatic carbocycles. The summed E-state index contributed by atoms with van der Waals surface area (Å²) in [5.41, 5.74) is -1.01. The van der Waals surface area contributed by atoms with E-state index in [1.165, 1.54) is 0 Å². The predicted octanol–water partition coefficient (Wildman–Crippen LogP) is 1.49. The Balaban J connectivity index is 1.71. The molecule has 1 saturated heterocycles. The van der Waals surface area contributed by atoms with Crippen molar-refractivity contribution in [3.8, 4) is 0 Å². The van der Waals surface area contributed by atoms with Crippen LogP contribution in [0.5, 0.6) is 0 Å². The van der Waals surface area contributed by atoms with Crippen molar-refractivity contribution in [1.29, 1.82) is 0 Å². The van der Waals surface area contributed by atoms with Crippen molar-refractivity contribution < 1.29 is 29.0 Å². The van der Waals surface area contributed by atoms with Gasteiger partial charge in [0.15, 0.2) is 5.60 Å². The molecule has 29 heavy (non-hydrogen) atoms. The number of aliphatic hydroxyl groups excluding tert-OH is 1. The van der Waals surface area contributed by atoms with Crippen molar-refractivity contribution in [3.05, 3.63) is 29.3 Å². The molecule has 1 spiro atoms. The smallest absolute Gasteiger partial charge is 0.408 e. The Labute approximate surface area is 169 Å². The lowest BCUT2D eigenvalue weighted by molar-refractivity contribution is -0.155. The van der Waals surface area contributed by atoms with Crippen LogP contribution in [0.3, 0.4) is 0 Å². The van der Waals surface area contributed by atoms with Gasteiger partial charge in [0.1, 0.15) is 11.1 Å². The number of benzene rings is 1. The minimum Gasteiger partial charge on any atom is -0.444 e. The second-order valence-corrected chi connectivity index (χ2v) is 8.85. The first-order chi connectivity index (χ1) is 13.3. The second kappa shape index (κ2) is 7.00. The quantitative estimate of drug-likeness (QED) is 0.604. The highest BCUT2D eigenvalue weighted by Gasteiger charge is 2.52. The fourth-order valence-electron chi connectivity index (χ4n) is 3.48. The van der Waals surface area contributed by atoms with E-state index >= 15 is 0 Å². The average molecular weight is 405 g/mol. The van der Waals surface area contributed by atoms with Crippen LogP contribution in [0, 0.1) is 0 Å². The van der Waals surface area contributed by atoms with E-state index in [2.05, 4.69) is 16.0 Å². The fourth-order valence-corrected chi connectivity index (χ4v) is 3.48. The first-order valence-corrected chi connectivity index (χ1v) is 9.45. The summed E-state index contributed by atoms with van der Waals surface area (Å²) in [6, 6.07) is 5.14. The number of fused-ring (bicyclic) bond motifs is 2. The molecule has 0 bridgehead atoms. The summed E-state index contributed by atoms with van der Waals surface area (Å²) in [6.45, 7) is 8.37. The molecule has 1 heterocycles. The topological polar surface area (TPSA) is 126 Å². The van der Waals surface area contributed by atoms with E-state index in [-0.39, 0.29) is 5.91 Å². The number of amides is 3. The van der Waals surface area contributed by atoms with E-state index in [4.69, 9.17) is 9.47 Å². The highest BCUT2D eigenvalue weighted by atomic mass is 16.7. The largest absolute Gasteiger partial charge is 0.444 e. The number of aliphatic hydroxyl groups is 1. The zero-order valence-corrected chi connectivity index (χ0v) is 17.2. The molecule has 3 rings (SSSR count). The van der Waals surface area contributed by atoms with Crippen molar-refractivity contribution in [2.45, 2.75) is 70.6 Å². The van der Waals surface area contributed by atoms with Gasteiger partial charge in [-0.3, -0.25) is 9.59 Å². The summed E-state index contributed by atoms with van der Waals surface area (Å²) in [4.78, 5) is 36.9. The highest BCUT2D eigenvalue weighted by molar-refractivity contribution is 5.99. The number of nitrogens with one attached hydrogen (secondary N) is 3. The van der Waals surface area contributed by atoms with E-state index in [1.54, 1.807) is 52.8 Å². The van der Waals surface area contributed by atoms with Gasteiger partial charge in [-0.15, -0.1) is 0 Å². The Morgan fingerprint density at radius 1 is 1.28 bits per heavy atom. The van der Waals surface area contributed by atoms with Crippen LogP contribution in [-0.4, -0.2) is 40.6 Å². The van der Waals surface area contributed by atoms with Gasteiger partial charge in [-0.25, -0.2) is 4.79 Å². The van der Waals surface area contributed by atoms with Crippen molar-refractivity contribution >= 4 is 23.6 Å². The lowest BCUT2D eigenvalue weighted by Gasteiger charge is -2.27. The third-order valence-corrected chi connectivity index (χ3v) is 4.86. The molecular formula is C20H27N3O6. The molecule has 1 aliphatic heterocycles. The Hall–Kier alpha value is -2.65. The van der Waals surface area contributed by atoms with Gasteiger partial charge in [-0.05, 0) is 70.7 Å². The number of alkyl carbamates (subject to hydrolysis) is 1. The molecular weight excluding hydrogens is 378 g/mol. The normalized spacial score (nSPS) is 23.5. The number of carbonyl (C=O) groups is 3. The van der Waals surface area contributed by atoms with Crippen LogP contribution in [0.4, 0.5) is 10.5 Å². The third-order valence-electron chi connectivity index (χ3n) is 4.86. The SMILES string of the molecule is CC(C)(C)OC(=O)NC(C)(C)C(=O)Nc1ccc2c(c1)CC[C@]21OC(O)NC1=O. The van der Waals surface area contributed by atoms with Gasteiger partial charge in [-0.2, -0.15) is 0 Å². The molecule has 0 aromatic heterocycles. The van der Waals surface area contributed by atoms with Crippen molar-refractivity contribution in [3.63, 3.8) is 0 Å². The van der Waals surface area contributed by atoms with Gasteiger partial charge in [0, 0.05) is 5.69 Å². The van der Waals surface area contributed by atoms with Crippen LogP contribution >= 0.6 is 0 Å². The number of aryl methyl sites for hydroxylation is 1. The van der Waals surface area contributed by atoms with E-state index in [1.807, 2.05) is 0 Å². The lowest BCUT2D eigenvalue weighted by atomic mass is 9.95. The molecule has 9 heteroatoms. The van der Waals surface area contributed by atoms with Crippen LogP contribution in [-0.2, 0) is 31.1 Å². The number of ether oxygens (including phenoxy) is 2. The lowest BCUT2D eigenvalue weighted by Crippen LogP contribution is -2.53. The summed E-state index contributed by atoms with van der Waals surface area (Å²) < 4.78 is 10.7. The Morgan fingerprint density at radius 3 is 2.55 bits per heavy atom. The molecule has 1 unspecified atom stereocenters. The van der Waals surface area contributed by atoms with Gasteiger partial charge in [0.05, 0.1) is 0 Å². The molecule has 9 nitrogen and oxygen atoms in total. The Kier molecular flexibility index (Phi) is 5.08. The minimum absolute atomic E-state index is 0.372. The Morgan fingerprint density at radius 2 is 1.97 bits per heavy atom. The van der Waals surface area contributed by atoms with E-state index < -0.39 is 35.2 Å². The number of rotatable bonds is 3. The molecule has 1 fully saturated rings. The zero-order valence-electron chi connectivity index (χ0n) is 17.2. The van der Waals surface area contributed by atoms with Gasteiger partial charge >= 0.3 is 6.09 Å². The molecule has 1 aromatic rings. The van der Waals surface area contributed by atoms with Crippen LogP contribution in [0.1, 0.15) is 52.2 Å². The maximum Gasteiger partial charge on any atom is 0.408 e. The standard InChI is InChI=1S/C20H27N3O6/c1-18(2,3)28-17(27)23-19(4,5)14(24)21-12-6-7-13-11(10-12)8-9-20(13)15(25)22-16(26)29-20/h6-7,10,16,26H,8-9H2,1-5H3,(H,21,24)(H,22,25)(H,23,27)/t16?,20-/m0/s1. The highest BCUT2D eigenvalue weighted by Crippen LogP contribution is 2.44. The summed E-state index contributed by atoms with van der Waals surface area (Å²) in [5, 5.41) is 17.3. The monoisotopic (exact) mass is 405 g/mol. The molecule has 1 aromatic carbocycles. The predicted molar refractivity (Wildman–Crippen MR) is 104 cm³/mol. The first-order valence-electron chi connectivity index (χ1n) is 9.45. The van der Waals surface area contributed by atoms with Gasteiger partial charge in [0.2, 0.25) is 12.3 Å². The van der Waals surface area contributed by atoms with Crippen molar-refractivity contribution in [2.24, 2.45) is 0 Å². The number of hydrogen-bond acceptors (Lipinski definition) is 6. The molecule has 158 valence electrons. The van der Waals surface area contributed by atoms with Gasteiger partial charge in [0.25, 0.3) is 5.91 Å². The van der Waals surface area contributed by atoms with E-state index in [0.717, 1.165) is 5.56 Å². The summed E-state index contributed by atoms with van der Waals surface area (Å²) in [7, 11) is 0. The first kappa shape index (κ1) is 21.1.